The molecular formula is C13H21. The molecule has 0 aliphatic rings. The standard InChI is InChI=1S/C13H21/c1-3-5-7-9-11-13-12-10-8-6-4-2/h1,3,8,10-11,13H,4-7,9,12H2,2H3. The first-order chi connectivity index (χ1) is 6.41. The van der Waals surface area contributed by atoms with E-state index in [1.54, 1.807) is 6.08 Å². The molecule has 0 spiro atoms. The van der Waals surface area contributed by atoms with Crippen molar-refractivity contribution in [2.24, 2.45) is 0 Å². The van der Waals surface area contributed by atoms with Gasteiger partial charge in [0.05, 0.1) is 0 Å². The van der Waals surface area contributed by atoms with Gasteiger partial charge in [0, 0.05) is 0 Å². The summed E-state index contributed by atoms with van der Waals surface area (Å²) in [6, 6.07) is 0. The Morgan fingerprint density at radius 2 is 1.62 bits per heavy atom. The van der Waals surface area contributed by atoms with E-state index in [0.29, 0.717) is 0 Å². The predicted molar refractivity (Wildman–Crippen MR) is 60.5 cm³/mol. The molecule has 0 unspecified atom stereocenters. The number of rotatable bonds is 8. The third kappa shape index (κ3) is 11.2. The zero-order chi connectivity index (χ0) is 9.78. The lowest BCUT2D eigenvalue weighted by Gasteiger charge is -1.88. The zero-order valence-electron chi connectivity index (χ0n) is 8.71. The van der Waals surface area contributed by atoms with Crippen molar-refractivity contribution in [3.8, 4) is 0 Å². The lowest BCUT2D eigenvalue weighted by Crippen LogP contribution is -1.68. The second-order valence-corrected chi connectivity index (χ2v) is 3.13. The van der Waals surface area contributed by atoms with Crippen LogP contribution in [0.2, 0.25) is 0 Å². The summed E-state index contributed by atoms with van der Waals surface area (Å²) in [5.74, 6) is 0. The van der Waals surface area contributed by atoms with Crippen LogP contribution in [0, 0.1) is 6.58 Å². The van der Waals surface area contributed by atoms with Crippen LogP contribution in [0.1, 0.15) is 45.4 Å². The van der Waals surface area contributed by atoms with Gasteiger partial charge < -0.3 is 0 Å². The summed E-state index contributed by atoms with van der Waals surface area (Å²) in [7, 11) is 0. The Morgan fingerprint density at radius 1 is 0.923 bits per heavy atom. The molecule has 0 bridgehead atoms. The summed E-state index contributed by atoms with van der Waals surface area (Å²) < 4.78 is 0. The zero-order valence-corrected chi connectivity index (χ0v) is 8.71. The van der Waals surface area contributed by atoms with Gasteiger partial charge in [-0.15, -0.1) is 0 Å². The van der Waals surface area contributed by atoms with Gasteiger partial charge in [0.2, 0.25) is 0 Å². The van der Waals surface area contributed by atoms with Crippen molar-refractivity contribution in [1.82, 2.24) is 0 Å². The van der Waals surface area contributed by atoms with Gasteiger partial charge in [-0.2, -0.15) is 0 Å². The molecule has 0 amide bonds. The summed E-state index contributed by atoms with van der Waals surface area (Å²) in [4.78, 5) is 0. The summed E-state index contributed by atoms with van der Waals surface area (Å²) in [5.41, 5.74) is 0. The van der Waals surface area contributed by atoms with Crippen molar-refractivity contribution < 1.29 is 0 Å². The summed E-state index contributed by atoms with van der Waals surface area (Å²) in [6.07, 6.45) is 17.5. The van der Waals surface area contributed by atoms with E-state index in [2.05, 4.69) is 31.2 Å². The summed E-state index contributed by atoms with van der Waals surface area (Å²) >= 11 is 0. The van der Waals surface area contributed by atoms with E-state index in [9.17, 15) is 0 Å². The molecule has 0 aliphatic heterocycles. The van der Waals surface area contributed by atoms with Crippen LogP contribution >= 0.6 is 0 Å². The fourth-order valence-electron chi connectivity index (χ4n) is 1.03. The monoisotopic (exact) mass is 177 g/mol. The highest BCUT2D eigenvalue weighted by Gasteiger charge is 1.78. The molecule has 0 heterocycles. The van der Waals surface area contributed by atoms with Gasteiger partial charge in [-0.1, -0.05) is 50.3 Å². The predicted octanol–water partition coefficient (Wildman–Crippen LogP) is 4.45. The van der Waals surface area contributed by atoms with Crippen LogP contribution in [0.3, 0.4) is 0 Å². The minimum atomic E-state index is 1.02. The highest BCUT2D eigenvalue weighted by atomic mass is 13.8. The Labute approximate surface area is 83.0 Å². The Kier molecular flexibility index (Phi) is 10.5. The third-order valence-electron chi connectivity index (χ3n) is 1.80. The van der Waals surface area contributed by atoms with Crippen molar-refractivity contribution >= 4 is 0 Å². The van der Waals surface area contributed by atoms with E-state index in [1.807, 2.05) is 0 Å². The Hall–Kier alpha value is -0.780. The average molecular weight is 177 g/mol. The second-order valence-electron chi connectivity index (χ2n) is 3.13. The van der Waals surface area contributed by atoms with Gasteiger partial charge in [0.15, 0.2) is 0 Å². The molecule has 0 atom stereocenters. The van der Waals surface area contributed by atoms with E-state index in [1.165, 1.54) is 19.3 Å². The molecule has 73 valence electrons. The molecule has 0 saturated heterocycles. The molecule has 1 radical (unpaired) electrons. The maximum absolute atomic E-state index is 5.26. The molecule has 0 aromatic rings. The number of hydrogen-bond acceptors (Lipinski definition) is 0. The molecule has 0 aliphatic carbocycles. The van der Waals surface area contributed by atoms with Gasteiger partial charge in [-0.05, 0) is 32.1 Å². The van der Waals surface area contributed by atoms with Crippen molar-refractivity contribution in [2.75, 3.05) is 0 Å². The molecule has 0 N–H and O–H groups in total. The molecular weight excluding hydrogens is 156 g/mol. The Bertz CT molecular complexity index is 151. The van der Waals surface area contributed by atoms with Crippen LogP contribution in [0.25, 0.3) is 0 Å². The quantitative estimate of drug-likeness (QED) is 0.379. The first kappa shape index (κ1) is 12.2. The van der Waals surface area contributed by atoms with E-state index < -0.39 is 0 Å². The van der Waals surface area contributed by atoms with E-state index in [4.69, 9.17) is 6.58 Å². The fourth-order valence-corrected chi connectivity index (χ4v) is 1.03. The number of unbranched alkanes of at least 4 members (excludes halogenated alkanes) is 3. The first-order valence-electron chi connectivity index (χ1n) is 5.25. The van der Waals surface area contributed by atoms with Gasteiger partial charge >= 0.3 is 0 Å². The van der Waals surface area contributed by atoms with Gasteiger partial charge in [0.25, 0.3) is 0 Å². The maximum atomic E-state index is 5.26. The lowest BCUT2D eigenvalue weighted by molar-refractivity contribution is 0.866. The number of hydrogen-bond donors (Lipinski definition) is 0. The number of allylic oxidation sites excluding steroid dienone is 5. The van der Waals surface area contributed by atoms with E-state index >= 15 is 0 Å². The molecule has 0 saturated carbocycles. The van der Waals surface area contributed by atoms with Gasteiger partial charge in [-0.25, -0.2) is 0 Å². The molecule has 0 heteroatoms. The van der Waals surface area contributed by atoms with E-state index in [-0.39, 0.29) is 0 Å². The third-order valence-corrected chi connectivity index (χ3v) is 1.80. The summed E-state index contributed by atoms with van der Waals surface area (Å²) in [5, 5.41) is 0. The van der Waals surface area contributed by atoms with Crippen LogP contribution in [0.5, 0.6) is 0 Å². The molecule has 0 aromatic carbocycles. The van der Waals surface area contributed by atoms with Crippen molar-refractivity contribution in [3.05, 3.63) is 37.0 Å². The van der Waals surface area contributed by atoms with Crippen LogP contribution in [0.4, 0.5) is 0 Å². The largest absolute Gasteiger partial charge is 0.0882 e. The highest BCUT2D eigenvalue weighted by Crippen LogP contribution is 1.98. The summed E-state index contributed by atoms with van der Waals surface area (Å²) in [6.45, 7) is 7.46. The fraction of sp³-hybridized carbons (Fsp3) is 0.538. The van der Waals surface area contributed by atoms with Crippen LogP contribution in [-0.2, 0) is 0 Å². The average Bonchev–Trinajstić information content (AvgIpc) is 2.16. The minimum absolute atomic E-state index is 1.02. The van der Waals surface area contributed by atoms with E-state index in [0.717, 1.165) is 19.3 Å². The topological polar surface area (TPSA) is 0 Å². The molecule has 0 nitrogen and oxygen atoms in total. The van der Waals surface area contributed by atoms with Crippen LogP contribution < -0.4 is 0 Å². The van der Waals surface area contributed by atoms with Gasteiger partial charge in [-0.3, -0.25) is 0 Å². The van der Waals surface area contributed by atoms with Crippen LogP contribution in [-0.4, -0.2) is 0 Å². The first-order valence-corrected chi connectivity index (χ1v) is 5.25. The normalized spacial score (nSPS) is 11.5. The highest BCUT2D eigenvalue weighted by molar-refractivity contribution is 4.92. The molecule has 13 heavy (non-hydrogen) atoms. The molecule has 0 fully saturated rings. The van der Waals surface area contributed by atoms with Crippen molar-refractivity contribution in [3.63, 3.8) is 0 Å². The minimum Gasteiger partial charge on any atom is -0.0882 e. The maximum Gasteiger partial charge on any atom is -0.0169 e. The lowest BCUT2D eigenvalue weighted by atomic mass is 10.2. The van der Waals surface area contributed by atoms with Gasteiger partial charge in [0.1, 0.15) is 0 Å². The second kappa shape index (κ2) is 11.2. The molecule has 0 aromatic heterocycles. The van der Waals surface area contributed by atoms with Crippen molar-refractivity contribution in [2.45, 2.75) is 45.4 Å². The SMILES string of the molecule is [CH]=CCCCC=CCC=CCCC. The van der Waals surface area contributed by atoms with Crippen molar-refractivity contribution in [1.29, 1.82) is 0 Å². The van der Waals surface area contributed by atoms with Crippen LogP contribution in [0.15, 0.2) is 30.4 Å². The Morgan fingerprint density at radius 3 is 2.23 bits per heavy atom. The Balaban J connectivity index is 3.16. The smallest absolute Gasteiger partial charge is 0.0169 e. The molecule has 0 rings (SSSR count).